The number of nitrogens with one attached hydrogen (secondary N) is 2. The van der Waals surface area contributed by atoms with Crippen molar-refractivity contribution < 1.29 is 9.53 Å². The zero-order chi connectivity index (χ0) is 18.4. The predicted molar refractivity (Wildman–Crippen MR) is 104 cm³/mol. The number of benzene rings is 2. The summed E-state index contributed by atoms with van der Waals surface area (Å²) in [6, 6.07) is 13.5. The third-order valence-corrected chi connectivity index (χ3v) is 5.64. The minimum absolute atomic E-state index is 0.0441. The van der Waals surface area contributed by atoms with Crippen LogP contribution in [0.2, 0.25) is 0 Å². The van der Waals surface area contributed by atoms with Crippen molar-refractivity contribution in [2.24, 2.45) is 7.05 Å². The van der Waals surface area contributed by atoms with E-state index in [-0.39, 0.29) is 17.7 Å². The molecule has 1 fully saturated rings. The molecule has 1 spiro atoms. The fraction of sp³-hybridized carbons (Fsp3) is 0.333. The molecule has 0 saturated heterocycles. The number of carbonyl (C=O) groups is 1. The SMILES string of the molecule is Cn1cc2cc(NC(=O)NC3CC4(CCC4)Oc4ccccc43)ccc2n1. The second-order valence-corrected chi connectivity index (χ2v) is 7.61. The van der Waals surface area contributed by atoms with Crippen LogP contribution in [0.1, 0.15) is 37.3 Å². The van der Waals surface area contributed by atoms with E-state index in [0.717, 1.165) is 47.2 Å². The molecule has 138 valence electrons. The molecule has 2 aliphatic rings. The summed E-state index contributed by atoms with van der Waals surface area (Å²) in [5, 5.41) is 11.5. The van der Waals surface area contributed by atoms with Crippen LogP contribution in [0.15, 0.2) is 48.7 Å². The van der Waals surface area contributed by atoms with Crippen LogP contribution < -0.4 is 15.4 Å². The van der Waals surface area contributed by atoms with Gasteiger partial charge < -0.3 is 15.4 Å². The second-order valence-electron chi connectivity index (χ2n) is 7.61. The number of urea groups is 1. The number of para-hydroxylation sites is 1. The van der Waals surface area contributed by atoms with Crippen molar-refractivity contribution in [1.29, 1.82) is 0 Å². The fourth-order valence-electron chi connectivity index (χ4n) is 4.18. The Morgan fingerprint density at radius 2 is 2.11 bits per heavy atom. The average molecular weight is 362 g/mol. The molecule has 1 unspecified atom stereocenters. The maximum absolute atomic E-state index is 12.7. The smallest absolute Gasteiger partial charge is 0.319 e. The molecule has 1 atom stereocenters. The largest absolute Gasteiger partial charge is 0.487 e. The summed E-state index contributed by atoms with van der Waals surface area (Å²) < 4.78 is 8.02. The molecule has 3 aromatic rings. The molecule has 2 amide bonds. The van der Waals surface area contributed by atoms with Crippen LogP contribution in [0.4, 0.5) is 10.5 Å². The van der Waals surface area contributed by atoms with Crippen molar-refractivity contribution >= 4 is 22.6 Å². The van der Waals surface area contributed by atoms with Crippen LogP contribution in [0.25, 0.3) is 10.9 Å². The maximum atomic E-state index is 12.7. The fourth-order valence-corrected chi connectivity index (χ4v) is 4.18. The van der Waals surface area contributed by atoms with Gasteiger partial charge in [-0.3, -0.25) is 4.68 Å². The van der Waals surface area contributed by atoms with E-state index in [1.54, 1.807) is 4.68 Å². The number of amides is 2. The van der Waals surface area contributed by atoms with Crippen LogP contribution in [-0.2, 0) is 7.05 Å². The van der Waals surface area contributed by atoms with Crippen molar-refractivity contribution in [2.75, 3.05) is 5.32 Å². The van der Waals surface area contributed by atoms with Gasteiger partial charge in [-0.1, -0.05) is 18.2 Å². The summed E-state index contributed by atoms with van der Waals surface area (Å²) in [5.74, 6) is 0.894. The highest BCUT2D eigenvalue weighted by Gasteiger charge is 2.45. The number of nitrogens with zero attached hydrogens (tertiary/aromatic N) is 2. The molecule has 6 nitrogen and oxygen atoms in total. The van der Waals surface area contributed by atoms with Gasteiger partial charge in [0.2, 0.25) is 0 Å². The molecule has 27 heavy (non-hydrogen) atoms. The molecule has 1 saturated carbocycles. The van der Waals surface area contributed by atoms with E-state index in [9.17, 15) is 4.79 Å². The van der Waals surface area contributed by atoms with Gasteiger partial charge in [-0.25, -0.2) is 4.79 Å². The minimum atomic E-state index is -0.200. The van der Waals surface area contributed by atoms with Gasteiger partial charge in [0.15, 0.2) is 0 Å². The van der Waals surface area contributed by atoms with E-state index in [1.807, 2.05) is 55.7 Å². The van der Waals surface area contributed by atoms with Crippen molar-refractivity contribution in [3.8, 4) is 5.75 Å². The number of fused-ring (bicyclic) bond motifs is 2. The van der Waals surface area contributed by atoms with E-state index in [2.05, 4.69) is 15.7 Å². The Morgan fingerprint density at radius 1 is 1.26 bits per heavy atom. The van der Waals surface area contributed by atoms with Gasteiger partial charge in [0.1, 0.15) is 11.4 Å². The third-order valence-electron chi connectivity index (χ3n) is 5.64. The van der Waals surface area contributed by atoms with Crippen LogP contribution >= 0.6 is 0 Å². The Balaban J connectivity index is 1.35. The highest BCUT2D eigenvalue weighted by atomic mass is 16.5. The first-order valence-electron chi connectivity index (χ1n) is 9.39. The van der Waals surface area contributed by atoms with Crippen LogP contribution in [0, 0.1) is 0 Å². The molecule has 0 bridgehead atoms. The molecule has 1 aromatic heterocycles. The molecule has 5 rings (SSSR count). The Morgan fingerprint density at radius 3 is 2.93 bits per heavy atom. The Bertz CT molecular complexity index is 1020. The van der Waals surface area contributed by atoms with Crippen LogP contribution in [0.5, 0.6) is 5.75 Å². The molecule has 6 heteroatoms. The van der Waals surface area contributed by atoms with Gasteiger partial charge in [-0.05, 0) is 43.5 Å². The normalized spacial score (nSPS) is 19.8. The molecule has 2 aromatic carbocycles. The number of rotatable bonds is 2. The molecule has 1 aliphatic carbocycles. The third kappa shape index (κ3) is 2.91. The molecular formula is C21H22N4O2. The zero-order valence-electron chi connectivity index (χ0n) is 15.2. The first-order valence-corrected chi connectivity index (χ1v) is 9.39. The molecular weight excluding hydrogens is 340 g/mol. The van der Waals surface area contributed by atoms with Crippen molar-refractivity contribution in [3.63, 3.8) is 0 Å². The second kappa shape index (κ2) is 6.01. The summed E-state index contributed by atoms with van der Waals surface area (Å²) >= 11 is 0. The van der Waals surface area contributed by atoms with E-state index < -0.39 is 0 Å². The lowest BCUT2D eigenvalue weighted by molar-refractivity contribution is -0.0354. The summed E-state index contributed by atoms with van der Waals surface area (Å²) in [5.41, 5.74) is 2.61. The van der Waals surface area contributed by atoms with E-state index in [0.29, 0.717) is 0 Å². The minimum Gasteiger partial charge on any atom is -0.487 e. The number of hydrogen-bond donors (Lipinski definition) is 2. The molecule has 0 radical (unpaired) electrons. The zero-order valence-corrected chi connectivity index (χ0v) is 15.2. The Kier molecular flexibility index (Phi) is 3.60. The lowest BCUT2D eigenvalue weighted by Crippen LogP contribution is -2.50. The number of carbonyl (C=O) groups excluding carboxylic acids is 1. The number of ether oxygens (including phenoxy) is 1. The van der Waals surface area contributed by atoms with Gasteiger partial charge in [0, 0.05) is 36.3 Å². The monoisotopic (exact) mass is 362 g/mol. The Hall–Kier alpha value is -3.02. The first kappa shape index (κ1) is 16.2. The summed E-state index contributed by atoms with van der Waals surface area (Å²) in [7, 11) is 1.89. The van der Waals surface area contributed by atoms with Crippen molar-refractivity contribution in [2.45, 2.75) is 37.3 Å². The van der Waals surface area contributed by atoms with Crippen LogP contribution in [-0.4, -0.2) is 21.4 Å². The van der Waals surface area contributed by atoms with Gasteiger partial charge in [-0.15, -0.1) is 0 Å². The van der Waals surface area contributed by atoms with Gasteiger partial charge in [0.05, 0.1) is 11.6 Å². The highest BCUT2D eigenvalue weighted by Crippen LogP contribution is 2.48. The van der Waals surface area contributed by atoms with E-state index in [4.69, 9.17) is 4.74 Å². The van der Waals surface area contributed by atoms with Gasteiger partial charge in [0.25, 0.3) is 0 Å². The lowest BCUT2D eigenvalue weighted by atomic mass is 9.73. The summed E-state index contributed by atoms with van der Waals surface area (Å²) in [6.07, 6.45) is 6.05. The maximum Gasteiger partial charge on any atom is 0.319 e. The lowest BCUT2D eigenvalue weighted by Gasteiger charge is -2.47. The molecule has 2 N–H and O–H groups in total. The number of aryl methyl sites for hydroxylation is 1. The van der Waals surface area contributed by atoms with Gasteiger partial charge in [-0.2, -0.15) is 5.10 Å². The molecule has 2 heterocycles. The quantitative estimate of drug-likeness (QED) is 0.720. The van der Waals surface area contributed by atoms with E-state index >= 15 is 0 Å². The topological polar surface area (TPSA) is 68.2 Å². The summed E-state index contributed by atoms with van der Waals surface area (Å²) in [4.78, 5) is 12.7. The molecule has 1 aliphatic heterocycles. The number of hydrogen-bond acceptors (Lipinski definition) is 3. The van der Waals surface area contributed by atoms with E-state index in [1.165, 1.54) is 6.42 Å². The summed E-state index contributed by atoms with van der Waals surface area (Å²) in [6.45, 7) is 0. The van der Waals surface area contributed by atoms with Crippen LogP contribution in [0.3, 0.4) is 0 Å². The van der Waals surface area contributed by atoms with Gasteiger partial charge >= 0.3 is 6.03 Å². The van der Waals surface area contributed by atoms with Crippen molar-refractivity contribution in [3.05, 3.63) is 54.2 Å². The standard InChI is InChI=1S/C21H22N4O2/c1-25-13-14-11-15(7-8-17(14)24-25)22-20(26)23-18-12-21(9-4-10-21)27-19-6-3-2-5-16(18)19/h2-3,5-8,11,13,18H,4,9-10,12H2,1H3,(H2,22,23,26). The Labute approximate surface area is 157 Å². The number of aromatic nitrogens is 2. The predicted octanol–water partition coefficient (Wildman–Crippen LogP) is 4.14. The average Bonchev–Trinajstić information content (AvgIpc) is 2.99. The number of anilines is 1. The highest BCUT2D eigenvalue weighted by molar-refractivity contribution is 5.92. The van der Waals surface area contributed by atoms with Crippen molar-refractivity contribution in [1.82, 2.24) is 15.1 Å². The first-order chi connectivity index (χ1) is 13.1.